The van der Waals surface area contributed by atoms with Crippen molar-refractivity contribution < 1.29 is 9.18 Å². The van der Waals surface area contributed by atoms with Crippen molar-refractivity contribution in [2.24, 2.45) is 17.4 Å². The molecular weight excluding hydrogens is 183 g/mol. The molecule has 0 bridgehead atoms. The number of rotatable bonds is 4. The van der Waals surface area contributed by atoms with Gasteiger partial charge in [-0.25, -0.2) is 4.39 Å². The Balaban J connectivity index is 2.67. The molecule has 1 atom stereocenters. The van der Waals surface area contributed by atoms with Crippen molar-refractivity contribution >= 4 is 5.91 Å². The third-order valence-electron chi connectivity index (χ3n) is 2.08. The molecule has 0 aliphatic carbocycles. The molecule has 1 aromatic carbocycles. The zero-order valence-corrected chi connectivity index (χ0v) is 7.74. The van der Waals surface area contributed by atoms with E-state index in [4.69, 9.17) is 11.5 Å². The largest absolute Gasteiger partial charge is 0.369 e. The van der Waals surface area contributed by atoms with Crippen LogP contribution in [-0.4, -0.2) is 12.5 Å². The first-order valence-corrected chi connectivity index (χ1v) is 4.37. The van der Waals surface area contributed by atoms with Crippen LogP contribution < -0.4 is 11.5 Å². The first-order valence-electron chi connectivity index (χ1n) is 4.37. The topological polar surface area (TPSA) is 69.1 Å². The normalized spacial score (nSPS) is 12.4. The van der Waals surface area contributed by atoms with Gasteiger partial charge in [0.2, 0.25) is 5.91 Å². The number of hydrogen-bond acceptors (Lipinski definition) is 2. The highest BCUT2D eigenvalue weighted by Crippen LogP contribution is 2.08. The van der Waals surface area contributed by atoms with E-state index in [1.54, 1.807) is 12.1 Å². The predicted molar refractivity (Wildman–Crippen MR) is 51.8 cm³/mol. The minimum Gasteiger partial charge on any atom is -0.369 e. The average molecular weight is 196 g/mol. The Morgan fingerprint density at radius 1 is 1.36 bits per heavy atom. The zero-order valence-electron chi connectivity index (χ0n) is 7.74. The van der Waals surface area contributed by atoms with Crippen LogP contribution in [0.15, 0.2) is 24.3 Å². The smallest absolute Gasteiger partial charge is 0.222 e. The summed E-state index contributed by atoms with van der Waals surface area (Å²) in [5, 5.41) is 0. The fourth-order valence-corrected chi connectivity index (χ4v) is 1.21. The molecule has 1 amide bonds. The molecule has 4 N–H and O–H groups in total. The number of carbonyl (C=O) groups is 1. The summed E-state index contributed by atoms with van der Waals surface area (Å²) < 4.78 is 12.5. The Morgan fingerprint density at radius 2 is 1.93 bits per heavy atom. The Bertz CT molecular complexity index is 310. The van der Waals surface area contributed by atoms with Crippen LogP contribution in [0.3, 0.4) is 0 Å². The van der Waals surface area contributed by atoms with E-state index in [0.29, 0.717) is 6.42 Å². The van der Waals surface area contributed by atoms with Gasteiger partial charge in [-0.2, -0.15) is 0 Å². The van der Waals surface area contributed by atoms with Crippen molar-refractivity contribution in [1.29, 1.82) is 0 Å². The summed E-state index contributed by atoms with van der Waals surface area (Å²) in [5.41, 5.74) is 11.4. The Hall–Kier alpha value is -1.42. The molecule has 0 aliphatic heterocycles. The van der Waals surface area contributed by atoms with E-state index < -0.39 is 5.91 Å². The summed E-state index contributed by atoms with van der Waals surface area (Å²) in [5.74, 6) is -1.09. The van der Waals surface area contributed by atoms with Gasteiger partial charge in [0.05, 0.1) is 5.92 Å². The van der Waals surface area contributed by atoms with Crippen molar-refractivity contribution in [3.05, 3.63) is 35.6 Å². The molecule has 0 saturated carbocycles. The van der Waals surface area contributed by atoms with Crippen molar-refractivity contribution in [3.63, 3.8) is 0 Å². The fraction of sp³-hybridized carbons (Fsp3) is 0.300. The van der Waals surface area contributed by atoms with Gasteiger partial charge < -0.3 is 11.5 Å². The lowest BCUT2D eigenvalue weighted by molar-refractivity contribution is -0.121. The van der Waals surface area contributed by atoms with Gasteiger partial charge in [-0.3, -0.25) is 4.79 Å². The maximum atomic E-state index is 12.5. The molecule has 1 aromatic rings. The zero-order chi connectivity index (χ0) is 10.6. The van der Waals surface area contributed by atoms with E-state index in [-0.39, 0.29) is 18.3 Å². The molecular formula is C10H13FN2O. The highest BCUT2D eigenvalue weighted by atomic mass is 19.1. The average Bonchev–Trinajstić information content (AvgIpc) is 2.16. The Labute approximate surface area is 81.9 Å². The number of benzene rings is 1. The molecule has 0 aliphatic rings. The minimum absolute atomic E-state index is 0.215. The van der Waals surface area contributed by atoms with E-state index in [2.05, 4.69) is 0 Å². The van der Waals surface area contributed by atoms with Gasteiger partial charge in [-0.1, -0.05) is 12.1 Å². The van der Waals surface area contributed by atoms with E-state index in [0.717, 1.165) is 5.56 Å². The Kier molecular flexibility index (Phi) is 3.59. The first-order chi connectivity index (χ1) is 6.63. The van der Waals surface area contributed by atoms with Crippen LogP contribution in [0.5, 0.6) is 0 Å². The quantitative estimate of drug-likeness (QED) is 0.733. The molecule has 1 rings (SSSR count). The predicted octanol–water partition coefficient (Wildman–Crippen LogP) is 0.428. The van der Waals surface area contributed by atoms with Crippen molar-refractivity contribution in [2.75, 3.05) is 6.54 Å². The van der Waals surface area contributed by atoms with Crippen LogP contribution in [0.25, 0.3) is 0 Å². The van der Waals surface area contributed by atoms with E-state index in [1.165, 1.54) is 12.1 Å². The van der Waals surface area contributed by atoms with Crippen LogP contribution in [0.4, 0.5) is 4.39 Å². The molecule has 0 unspecified atom stereocenters. The summed E-state index contributed by atoms with van der Waals surface area (Å²) in [6.45, 7) is 0.215. The van der Waals surface area contributed by atoms with Crippen molar-refractivity contribution in [1.82, 2.24) is 0 Å². The highest BCUT2D eigenvalue weighted by molar-refractivity contribution is 5.77. The molecule has 0 fully saturated rings. The molecule has 0 spiro atoms. The van der Waals surface area contributed by atoms with Gasteiger partial charge in [0.15, 0.2) is 0 Å². The molecule has 0 saturated heterocycles. The van der Waals surface area contributed by atoms with Crippen molar-refractivity contribution in [3.8, 4) is 0 Å². The van der Waals surface area contributed by atoms with Gasteiger partial charge in [0.1, 0.15) is 5.82 Å². The van der Waals surface area contributed by atoms with E-state index >= 15 is 0 Å². The van der Waals surface area contributed by atoms with Crippen LogP contribution >= 0.6 is 0 Å². The number of nitrogens with two attached hydrogens (primary N) is 2. The molecule has 76 valence electrons. The monoisotopic (exact) mass is 196 g/mol. The van der Waals surface area contributed by atoms with Crippen LogP contribution in [0.2, 0.25) is 0 Å². The SMILES string of the molecule is NC[C@@H](Cc1ccc(F)cc1)C(N)=O. The number of carbonyl (C=O) groups excluding carboxylic acids is 1. The molecule has 0 radical (unpaired) electrons. The lowest BCUT2D eigenvalue weighted by atomic mass is 9.99. The van der Waals surface area contributed by atoms with Gasteiger partial charge in [0, 0.05) is 6.54 Å². The second-order valence-corrected chi connectivity index (χ2v) is 3.17. The molecule has 14 heavy (non-hydrogen) atoms. The van der Waals surface area contributed by atoms with Gasteiger partial charge in [-0.05, 0) is 24.1 Å². The Morgan fingerprint density at radius 3 is 2.36 bits per heavy atom. The first kappa shape index (κ1) is 10.7. The lowest BCUT2D eigenvalue weighted by Gasteiger charge is -2.09. The van der Waals surface area contributed by atoms with Crippen molar-refractivity contribution in [2.45, 2.75) is 6.42 Å². The highest BCUT2D eigenvalue weighted by Gasteiger charge is 2.13. The van der Waals surface area contributed by atoms with Crippen LogP contribution in [0, 0.1) is 11.7 Å². The second kappa shape index (κ2) is 4.72. The number of hydrogen-bond donors (Lipinski definition) is 2. The fourth-order valence-electron chi connectivity index (χ4n) is 1.21. The third kappa shape index (κ3) is 2.81. The number of primary amides is 1. The summed E-state index contributed by atoms with van der Waals surface area (Å²) >= 11 is 0. The summed E-state index contributed by atoms with van der Waals surface area (Å²) in [4.78, 5) is 10.9. The molecule has 0 aromatic heterocycles. The maximum absolute atomic E-state index is 12.5. The molecule has 4 heteroatoms. The number of halogens is 1. The van der Waals surface area contributed by atoms with E-state index in [1.807, 2.05) is 0 Å². The second-order valence-electron chi connectivity index (χ2n) is 3.17. The van der Waals surface area contributed by atoms with E-state index in [9.17, 15) is 9.18 Å². The van der Waals surface area contributed by atoms with Crippen LogP contribution in [0.1, 0.15) is 5.56 Å². The maximum Gasteiger partial charge on any atom is 0.222 e. The summed E-state index contributed by atoms with van der Waals surface area (Å²) in [7, 11) is 0. The van der Waals surface area contributed by atoms with Gasteiger partial charge >= 0.3 is 0 Å². The summed E-state index contributed by atoms with van der Waals surface area (Å²) in [6, 6.07) is 5.95. The van der Waals surface area contributed by atoms with Gasteiger partial charge in [0.25, 0.3) is 0 Å². The summed E-state index contributed by atoms with van der Waals surface area (Å²) in [6.07, 6.45) is 0.464. The number of amides is 1. The van der Waals surface area contributed by atoms with Gasteiger partial charge in [-0.15, -0.1) is 0 Å². The molecule has 0 heterocycles. The van der Waals surface area contributed by atoms with Crippen LogP contribution in [-0.2, 0) is 11.2 Å². The molecule has 3 nitrogen and oxygen atoms in total. The standard InChI is InChI=1S/C10H13FN2O/c11-9-3-1-7(2-4-9)5-8(6-12)10(13)14/h1-4,8H,5-6,12H2,(H2,13,14)/t8-/m1/s1. The minimum atomic E-state index is -0.420. The lowest BCUT2D eigenvalue weighted by Crippen LogP contribution is -2.31. The third-order valence-corrected chi connectivity index (χ3v) is 2.08.